The summed E-state index contributed by atoms with van der Waals surface area (Å²) in [6.07, 6.45) is 0.347. The minimum absolute atomic E-state index is 0.00786. The van der Waals surface area contributed by atoms with Crippen LogP contribution in [0, 0.1) is 6.92 Å². The summed E-state index contributed by atoms with van der Waals surface area (Å²) in [4.78, 5) is 25.5. The molecule has 0 aliphatic carbocycles. The van der Waals surface area contributed by atoms with Crippen molar-refractivity contribution in [2.75, 3.05) is 26.7 Å². The van der Waals surface area contributed by atoms with Gasteiger partial charge in [0.25, 0.3) is 5.91 Å². The van der Waals surface area contributed by atoms with Crippen molar-refractivity contribution >= 4 is 11.8 Å². The molecule has 0 spiro atoms. The molecule has 0 radical (unpaired) electrons. The van der Waals surface area contributed by atoms with Gasteiger partial charge < -0.3 is 15.0 Å². The van der Waals surface area contributed by atoms with E-state index in [-0.39, 0.29) is 11.8 Å². The highest BCUT2D eigenvalue weighted by atomic mass is 16.5. The highest BCUT2D eigenvalue weighted by molar-refractivity contribution is 5.97. The molecule has 1 aliphatic rings. The first-order valence-electron chi connectivity index (χ1n) is 6.32. The first-order chi connectivity index (χ1) is 9.11. The normalized spacial score (nSPS) is 15.7. The van der Waals surface area contributed by atoms with Gasteiger partial charge in [-0.15, -0.1) is 0 Å². The smallest absolute Gasteiger partial charge is 0.257 e. The molecule has 0 saturated carbocycles. The van der Waals surface area contributed by atoms with Crippen molar-refractivity contribution in [3.8, 4) is 5.75 Å². The molecule has 0 atom stereocenters. The van der Waals surface area contributed by atoms with Crippen molar-refractivity contribution < 1.29 is 14.3 Å². The number of methoxy groups -OCH3 is 1. The largest absolute Gasteiger partial charge is 0.496 e. The van der Waals surface area contributed by atoms with Gasteiger partial charge in [-0.2, -0.15) is 0 Å². The fourth-order valence-electron chi connectivity index (χ4n) is 2.13. The van der Waals surface area contributed by atoms with E-state index >= 15 is 0 Å². The topological polar surface area (TPSA) is 58.6 Å². The molecule has 1 saturated heterocycles. The van der Waals surface area contributed by atoms with Gasteiger partial charge >= 0.3 is 0 Å². The van der Waals surface area contributed by atoms with Crippen molar-refractivity contribution in [3.63, 3.8) is 0 Å². The monoisotopic (exact) mass is 262 g/mol. The minimum atomic E-state index is -0.0861. The fraction of sp³-hybridized carbons (Fsp3) is 0.429. The molecule has 1 aromatic rings. The van der Waals surface area contributed by atoms with Crippen LogP contribution < -0.4 is 10.1 Å². The van der Waals surface area contributed by atoms with E-state index in [2.05, 4.69) is 5.32 Å². The summed E-state index contributed by atoms with van der Waals surface area (Å²) in [5, 5.41) is 2.76. The van der Waals surface area contributed by atoms with Crippen molar-refractivity contribution in [2.24, 2.45) is 0 Å². The number of rotatable bonds is 2. The van der Waals surface area contributed by atoms with Crippen LogP contribution in [0.1, 0.15) is 22.3 Å². The SMILES string of the molecule is COc1ccc(C)cc1C(=O)N1CCNC(=O)CC1. The molecule has 1 aromatic carbocycles. The molecule has 5 nitrogen and oxygen atoms in total. The van der Waals surface area contributed by atoms with Gasteiger partial charge in [-0.3, -0.25) is 9.59 Å². The molecular weight excluding hydrogens is 244 g/mol. The zero-order valence-corrected chi connectivity index (χ0v) is 11.2. The number of carbonyl (C=O) groups is 2. The Morgan fingerprint density at radius 2 is 2.16 bits per heavy atom. The maximum Gasteiger partial charge on any atom is 0.257 e. The maximum atomic E-state index is 12.5. The van der Waals surface area contributed by atoms with Gasteiger partial charge in [0.1, 0.15) is 5.75 Å². The molecule has 1 N–H and O–H groups in total. The number of ether oxygens (including phenoxy) is 1. The summed E-state index contributed by atoms with van der Waals surface area (Å²) in [6, 6.07) is 5.52. The second-order valence-corrected chi connectivity index (χ2v) is 4.60. The van der Waals surface area contributed by atoms with E-state index in [0.29, 0.717) is 37.4 Å². The Morgan fingerprint density at radius 3 is 2.89 bits per heavy atom. The molecule has 1 heterocycles. The lowest BCUT2D eigenvalue weighted by atomic mass is 10.1. The molecule has 5 heteroatoms. The lowest BCUT2D eigenvalue weighted by Gasteiger charge is -2.21. The molecule has 0 aromatic heterocycles. The molecule has 2 rings (SSSR count). The first kappa shape index (κ1) is 13.4. The quantitative estimate of drug-likeness (QED) is 0.864. The Labute approximate surface area is 112 Å². The maximum absolute atomic E-state index is 12.5. The zero-order valence-electron chi connectivity index (χ0n) is 11.2. The summed E-state index contributed by atoms with van der Waals surface area (Å²) in [5.74, 6) is 0.475. The Morgan fingerprint density at radius 1 is 1.37 bits per heavy atom. The van der Waals surface area contributed by atoms with Crippen molar-refractivity contribution in [1.82, 2.24) is 10.2 Å². The minimum Gasteiger partial charge on any atom is -0.496 e. The highest BCUT2D eigenvalue weighted by Crippen LogP contribution is 2.21. The first-order valence-corrected chi connectivity index (χ1v) is 6.32. The number of nitrogens with one attached hydrogen (secondary N) is 1. The Balaban J connectivity index is 2.23. The number of hydrogen-bond acceptors (Lipinski definition) is 3. The lowest BCUT2D eigenvalue weighted by molar-refractivity contribution is -0.120. The number of amides is 2. The Kier molecular flexibility index (Phi) is 4.04. The third-order valence-electron chi connectivity index (χ3n) is 3.19. The average molecular weight is 262 g/mol. The van der Waals surface area contributed by atoms with Crippen LogP contribution >= 0.6 is 0 Å². The third-order valence-corrected chi connectivity index (χ3v) is 3.19. The van der Waals surface area contributed by atoms with Crippen LogP contribution in [0.3, 0.4) is 0 Å². The number of carbonyl (C=O) groups excluding carboxylic acids is 2. The van der Waals surface area contributed by atoms with Gasteiger partial charge in [0.05, 0.1) is 12.7 Å². The number of nitrogens with zero attached hydrogens (tertiary/aromatic N) is 1. The molecule has 19 heavy (non-hydrogen) atoms. The number of benzene rings is 1. The van der Waals surface area contributed by atoms with E-state index in [0.717, 1.165) is 5.56 Å². The fourth-order valence-corrected chi connectivity index (χ4v) is 2.13. The van der Waals surface area contributed by atoms with Crippen LogP contribution in [0.4, 0.5) is 0 Å². The van der Waals surface area contributed by atoms with Crippen LogP contribution in [-0.4, -0.2) is 43.5 Å². The third kappa shape index (κ3) is 3.05. The second kappa shape index (κ2) is 5.73. The summed E-state index contributed by atoms with van der Waals surface area (Å²) in [6.45, 7) is 3.41. The van der Waals surface area contributed by atoms with E-state index in [1.54, 1.807) is 18.1 Å². The molecule has 0 unspecified atom stereocenters. The van der Waals surface area contributed by atoms with Gasteiger partial charge in [0, 0.05) is 26.1 Å². The van der Waals surface area contributed by atoms with E-state index in [1.807, 2.05) is 19.1 Å². The van der Waals surface area contributed by atoms with Crippen LogP contribution in [-0.2, 0) is 4.79 Å². The lowest BCUT2D eigenvalue weighted by Crippen LogP contribution is -2.34. The number of hydrogen-bond donors (Lipinski definition) is 1. The summed E-state index contributed by atoms with van der Waals surface area (Å²) in [5.41, 5.74) is 1.56. The summed E-state index contributed by atoms with van der Waals surface area (Å²) >= 11 is 0. The predicted octanol–water partition coefficient (Wildman–Crippen LogP) is 0.966. The van der Waals surface area contributed by atoms with Crippen LogP contribution in [0.5, 0.6) is 5.75 Å². The van der Waals surface area contributed by atoms with Gasteiger partial charge in [-0.25, -0.2) is 0 Å². The van der Waals surface area contributed by atoms with Crippen LogP contribution in [0.25, 0.3) is 0 Å². The molecular formula is C14H18N2O3. The van der Waals surface area contributed by atoms with Gasteiger partial charge in [-0.1, -0.05) is 11.6 Å². The molecule has 1 aliphatic heterocycles. The summed E-state index contributed by atoms with van der Waals surface area (Å²) < 4.78 is 5.23. The predicted molar refractivity (Wildman–Crippen MR) is 71.3 cm³/mol. The Hall–Kier alpha value is -2.04. The van der Waals surface area contributed by atoms with Crippen molar-refractivity contribution in [3.05, 3.63) is 29.3 Å². The van der Waals surface area contributed by atoms with E-state index in [1.165, 1.54) is 0 Å². The van der Waals surface area contributed by atoms with E-state index in [9.17, 15) is 9.59 Å². The zero-order chi connectivity index (χ0) is 13.8. The van der Waals surface area contributed by atoms with Crippen LogP contribution in [0.2, 0.25) is 0 Å². The molecule has 102 valence electrons. The van der Waals surface area contributed by atoms with Gasteiger partial charge in [0.2, 0.25) is 5.91 Å². The van der Waals surface area contributed by atoms with Gasteiger partial charge in [-0.05, 0) is 19.1 Å². The van der Waals surface area contributed by atoms with Gasteiger partial charge in [0.15, 0.2) is 0 Å². The van der Waals surface area contributed by atoms with E-state index in [4.69, 9.17) is 4.74 Å². The number of aryl methyl sites for hydroxylation is 1. The average Bonchev–Trinajstić information content (AvgIpc) is 2.62. The standard InChI is InChI=1S/C14H18N2O3/c1-10-3-4-12(19-2)11(9-10)14(18)16-7-5-13(17)15-6-8-16/h3-4,9H,5-8H2,1-2H3,(H,15,17). The second-order valence-electron chi connectivity index (χ2n) is 4.60. The van der Waals surface area contributed by atoms with Crippen LogP contribution in [0.15, 0.2) is 18.2 Å². The van der Waals surface area contributed by atoms with Crippen molar-refractivity contribution in [1.29, 1.82) is 0 Å². The van der Waals surface area contributed by atoms with Crippen molar-refractivity contribution in [2.45, 2.75) is 13.3 Å². The molecule has 1 fully saturated rings. The van der Waals surface area contributed by atoms with E-state index < -0.39 is 0 Å². The molecule has 0 bridgehead atoms. The highest BCUT2D eigenvalue weighted by Gasteiger charge is 2.22. The Bertz CT molecular complexity index is 499. The summed E-state index contributed by atoms with van der Waals surface area (Å²) in [7, 11) is 1.55. The molecule has 2 amide bonds.